The molecule has 0 bridgehead atoms. The second-order valence-electron chi connectivity index (χ2n) is 7.25. The molecule has 0 atom stereocenters. The lowest BCUT2D eigenvalue weighted by molar-refractivity contribution is 0.102. The van der Waals surface area contributed by atoms with E-state index >= 15 is 0 Å². The predicted octanol–water partition coefficient (Wildman–Crippen LogP) is 4.55. The van der Waals surface area contributed by atoms with Crippen LogP contribution in [0, 0.1) is 13.8 Å². The van der Waals surface area contributed by atoms with Crippen molar-refractivity contribution in [1.82, 2.24) is 14.9 Å². The summed E-state index contributed by atoms with van der Waals surface area (Å²) in [6.45, 7) is 7.06. The number of fused-ring (bicyclic) bond motifs is 1. The van der Waals surface area contributed by atoms with Gasteiger partial charge in [-0.15, -0.1) is 11.3 Å². The lowest BCUT2D eigenvalue weighted by atomic mass is 10.1. The van der Waals surface area contributed by atoms with Crippen LogP contribution < -0.4 is 5.32 Å². The number of carbonyl (C=O) groups excluding carboxylic acids is 1. The average Bonchev–Trinajstić information content (AvgIpc) is 3.09. The van der Waals surface area contributed by atoms with Gasteiger partial charge in [0.2, 0.25) is 0 Å². The molecular weight excluding hydrogens is 356 g/mol. The summed E-state index contributed by atoms with van der Waals surface area (Å²) in [6, 6.07) is 8.00. The van der Waals surface area contributed by atoms with Gasteiger partial charge in [-0.2, -0.15) is 0 Å². The van der Waals surface area contributed by atoms with Crippen LogP contribution in [0.25, 0.3) is 10.9 Å². The van der Waals surface area contributed by atoms with Gasteiger partial charge in [-0.25, -0.2) is 4.98 Å². The summed E-state index contributed by atoms with van der Waals surface area (Å²) in [5, 5.41) is 6.62. The Morgan fingerprint density at radius 1 is 1.15 bits per heavy atom. The van der Waals surface area contributed by atoms with E-state index in [0.717, 1.165) is 47.5 Å². The van der Waals surface area contributed by atoms with Gasteiger partial charge in [-0.05, 0) is 58.0 Å². The van der Waals surface area contributed by atoms with Gasteiger partial charge in [-0.3, -0.25) is 20.0 Å². The molecule has 3 heterocycles. The van der Waals surface area contributed by atoms with E-state index in [9.17, 15) is 4.79 Å². The molecule has 27 heavy (non-hydrogen) atoms. The minimum Gasteiger partial charge on any atom is -0.298 e. The topological polar surface area (TPSA) is 58.1 Å². The van der Waals surface area contributed by atoms with Crippen LogP contribution in [0.15, 0.2) is 29.6 Å². The molecule has 0 spiro atoms. The Hall–Kier alpha value is -2.31. The van der Waals surface area contributed by atoms with Crippen molar-refractivity contribution in [2.24, 2.45) is 0 Å². The third-order valence-electron chi connectivity index (χ3n) is 5.01. The second kappa shape index (κ2) is 7.74. The van der Waals surface area contributed by atoms with Crippen LogP contribution in [-0.2, 0) is 6.54 Å². The molecule has 4 rings (SSSR count). The highest BCUT2D eigenvalue weighted by atomic mass is 32.1. The summed E-state index contributed by atoms with van der Waals surface area (Å²) in [5.74, 6) is -0.151. The summed E-state index contributed by atoms with van der Waals surface area (Å²) >= 11 is 1.48. The summed E-state index contributed by atoms with van der Waals surface area (Å²) < 4.78 is 0. The van der Waals surface area contributed by atoms with Gasteiger partial charge in [0, 0.05) is 17.3 Å². The fourth-order valence-electron chi connectivity index (χ4n) is 3.57. The van der Waals surface area contributed by atoms with Gasteiger partial charge in [0.25, 0.3) is 5.91 Å². The number of benzene rings is 1. The SMILES string of the molecule is Cc1ccc2nc(C)c(C(=O)Nc3nc(CN4CCCCC4)cs3)cc2c1. The zero-order valence-corrected chi connectivity index (χ0v) is 16.6. The minimum absolute atomic E-state index is 0.151. The number of aryl methyl sites for hydroxylation is 2. The first-order valence-electron chi connectivity index (χ1n) is 9.44. The standard InChI is InChI=1S/C21H24N4OS/c1-14-6-7-19-16(10-14)11-18(15(2)22-19)20(26)24-21-23-17(13-27-21)12-25-8-4-3-5-9-25/h6-7,10-11,13H,3-5,8-9,12H2,1-2H3,(H,23,24,26). The van der Waals surface area contributed by atoms with Gasteiger partial charge < -0.3 is 0 Å². The summed E-state index contributed by atoms with van der Waals surface area (Å²) in [6.07, 6.45) is 3.86. The Labute approximate surface area is 163 Å². The largest absolute Gasteiger partial charge is 0.298 e. The van der Waals surface area contributed by atoms with Crippen molar-refractivity contribution in [2.75, 3.05) is 18.4 Å². The van der Waals surface area contributed by atoms with E-state index in [0.29, 0.717) is 10.7 Å². The van der Waals surface area contributed by atoms with E-state index in [1.165, 1.54) is 30.6 Å². The molecule has 1 saturated heterocycles. The molecule has 140 valence electrons. The van der Waals surface area contributed by atoms with Crippen molar-refractivity contribution in [3.63, 3.8) is 0 Å². The molecule has 0 saturated carbocycles. The van der Waals surface area contributed by atoms with E-state index in [-0.39, 0.29) is 5.91 Å². The molecule has 2 aromatic heterocycles. The number of nitrogens with one attached hydrogen (secondary N) is 1. The maximum absolute atomic E-state index is 12.8. The number of piperidine rings is 1. The molecule has 1 aliphatic heterocycles. The number of thiazole rings is 1. The molecule has 0 aliphatic carbocycles. The normalized spacial score (nSPS) is 15.2. The first-order chi connectivity index (χ1) is 13.1. The maximum Gasteiger partial charge on any atom is 0.259 e. The molecule has 1 aromatic carbocycles. The smallest absolute Gasteiger partial charge is 0.259 e. The first-order valence-corrected chi connectivity index (χ1v) is 10.3. The third-order valence-corrected chi connectivity index (χ3v) is 5.82. The lowest BCUT2D eigenvalue weighted by Crippen LogP contribution is -2.29. The predicted molar refractivity (Wildman–Crippen MR) is 110 cm³/mol. The Morgan fingerprint density at radius 2 is 1.96 bits per heavy atom. The number of anilines is 1. The summed E-state index contributed by atoms with van der Waals surface area (Å²) in [5.41, 5.74) is 4.42. The van der Waals surface area contributed by atoms with Gasteiger partial charge in [0.1, 0.15) is 0 Å². The van der Waals surface area contributed by atoms with E-state index in [4.69, 9.17) is 0 Å². The number of likely N-dealkylation sites (tertiary alicyclic amines) is 1. The van der Waals surface area contributed by atoms with Crippen molar-refractivity contribution < 1.29 is 4.79 Å². The maximum atomic E-state index is 12.8. The Kier molecular flexibility index (Phi) is 5.18. The highest BCUT2D eigenvalue weighted by molar-refractivity contribution is 7.14. The molecular formula is C21H24N4OS. The molecule has 1 amide bonds. The van der Waals surface area contributed by atoms with Gasteiger partial charge in [0.15, 0.2) is 5.13 Å². The number of pyridine rings is 1. The van der Waals surface area contributed by atoms with Gasteiger partial charge in [0.05, 0.1) is 22.5 Å². The highest BCUT2D eigenvalue weighted by Crippen LogP contribution is 2.22. The highest BCUT2D eigenvalue weighted by Gasteiger charge is 2.16. The van der Waals surface area contributed by atoms with Crippen LogP contribution in [0.1, 0.15) is 46.6 Å². The van der Waals surface area contributed by atoms with E-state index < -0.39 is 0 Å². The molecule has 1 fully saturated rings. The number of rotatable bonds is 4. The minimum atomic E-state index is -0.151. The Balaban J connectivity index is 1.49. The fourth-order valence-corrected chi connectivity index (χ4v) is 4.27. The van der Waals surface area contributed by atoms with E-state index in [1.807, 2.05) is 37.4 Å². The first kappa shape index (κ1) is 18.1. The zero-order chi connectivity index (χ0) is 18.8. The molecule has 5 nitrogen and oxygen atoms in total. The van der Waals surface area contributed by atoms with Crippen LogP contribution in [0.5, 0.6) is 0 Å². The quantitative estimate of drug-likeness (QED) is 0.722. The van der Waals surface area contributed by atoms with Crippen LogP contribution in [0.4, 0.5) is 5.13 Å². The lowest BCUT2D eigenvalue weighted by Gasteiger charge is -2.25. The van der Waals surface area contributed by atoms with Crippen molar-refractivity contribution in [2.45, 2.75) is 39.7 Å². The average molecular weight is 381 g/mol. The molecule has 0 radical (unpaired) electrons. The number of carbonyl (C=O) groups is 1. The molecule has 1 aliphatic rings. The number of hydrogen-bond acceptors (Lipinski definition) is 5. The third kappa shape index (κ3) is 4.17. The molecule has 3 aromatic rings. The summed E-state index contributed by atoms with van der Waals surface area (Å²) in [7, 11) is 0. The number of hydrogen-bond donors (Lipinski definition) is 1. The Bertz CT molecular complexity index is 975. The van der Waals surface area contributed by atoms with Crippen molar-refractivity contribution in [3.05, 3.63) is 52.2 Å². The van der Waals surface area contributed by atoms with Gasteiger partial charge >= 0.3 is 0 Å². The number of amides is 1. The van der Waals surface area contributed by atoms with Crippen molar-refractivity contribution in [3.8, 4) is 0 Å². The van der Waals surface area contributed by atoms with Gasteiger partial charge in [-0.1, -0.05) is 18.1 Å². The van der Waals surface area contributed by atoms with Crippen LogP contribution in [-0.4, -0.2) is 33.9 Å². The van der Waals surface area contributed by atoms with Crippen LogP contribution in [0.2, 0.25) is 0 Å². The number of aromatic nitrogens is 2. The van der Waals surface area contributed by atoms with E-state index in [2.05, 4.69) is 26.3 Å². The molecule has 6 heteroatoms. The molecule has 1 N–H and O–H groups in total. The summed E-state index contributed by atoms with van der Waals surface area (Å²) in [4.78, 5) is 24.4. The van der Waals surface area contributed by atoms with Crippen LogP contribution in [0.3, 0.4) is 0 Å². The number of nitrogens with zero attached hydrogens (tertiary/aromatic N) is 3. The van der Waals surface area contributed by atoms with Crippen molar-refractivity contribution >= 4 is 33.3 Å². The van der Waals surface area contributed by atoms with Crippen LogP contribution >= 0.6 is 11.3 Å². The van der Waals surface area contributed by atoms with E-state index in [1.54, 1.807) is 0 Å². The molecule has 0 unspecified atom stereocenters. The Morgan fingerprint density at radius 3 is 2.78 bits per heavy atom. The monoisotopic (exact) mass is 380 g/mol. The second-order valence-corrected chi connectivity index (χ2v) is 8.11. The zero-order valence-electron chi connectivity index (χ0n) is 15.8. The fraction of sp³-hybridized carbons (Fsp3) is 0.381. The van der Waals surface area contributed by atoms with Crippen molar-refractivity contribution in [1.29, 1.82) is 0 Å².